The van der Waals surface area contributed by atoms with Crippen molar-refractivity contribution in [3.05, 3.63) is 0 Å². The third-order valence-electron chi connectivity index (χ3n) is 3.81. The van der Waals surface area contributed by atoms with E-state index in [2.05, 4.69) is 6.92 Å². The Kier molecular flexibility index (Phi) is 10.9. The van der Waals surface area contributed by atoms with E-state index in [-0.39, 0.29) is 4.48 Å². The highest BCUT2D eigenvalue weighted by Crippen LogP contribution is 2.12. The molecule has 0 aliphatic heterocycles. The van der Waals surface area contributed by atoms with Gasteiger partial charge in [-0.25, -0.2) is 0 Å². The number of nitrogens with zero attached hydrogens (tertiary/aromatic N) is 1. The summed E-state index contributed by atoms with van der Waals surface area (Å²) in [5, 5.41) is 10.8. The second-order valence-electron chi connectivity index (χ2n) is 6.21. The Morgan fingerprint density at radius 1 is 0.789 bits per heavy atom. The zero-order chi connectivity index (χ0) is 14.6. The molecule has 0 radical (unpaired) electrons. The summed E-state index contributed by atoms with van der Waals surface area (Å²) >= 11 is 0. The van der Waals surface area contributed by atoms with E-state index in [1.165, 1.54) is 57.8 Å². The lowest BCUT2D eigenvalue weighted by Crippen LogP contribution is -2.53. The smallest absolute Gasteiger partial charge is 0.256 e. The van der Waals surface area contributed by atoms with E-state index in [9.17, 15) is 9.90 Å². The Hall–Kier alpha value is -0.570. The summed E-state index contributed by atoms with van der Waals surface area (Å²) in [6, 6.07) is 0. The van der Waals surface area contributed by atoms with Crippen molar-refractivity contribution in [1.29, 1.82) is 0 Å². The number of rotatable bonds is 12. The maximum atomic E-state index is 10.8. The van der Waals surface area contributed by atoms with E-state index >= 15 is 0 Å². The minimum Gasteiger partial charge on any atom is -0.498 e. The van der Waals surface area contributed by atoms with Crippen LogP contribution in [-0.2, 0) is 0 Å². The van der Waals surface area contributed by atoms with Gasteiger partial charge in [0.15, 0.2) is 0 Å². The zero-order valence-corrected chi connectivity index (χ0v) is 13.2. The van der Waals surface area contributed by atoms with Crippen LogP contribution in [0.5, 0.6) is 0 Å². The maximum Gasteiger partial charge on any atom is 0.256 e. The Morgan fingerprint density at radius 3 is 1.53 bits per heavy atom. The van der Waals surface area contributed by atoms with Crippen molar-refractivity contribution in [3.63, 3.8) is 0 Å². The Labute approximate surface area is 119 Å². The molecule has 0 aromatic carbocycles. The molecular formula is C16H33NO2. The molecule has 0 aromatic rings. The Balaban J connectivity index is 3.21. The van der Waals surface area contributed by atoms with Crippen molar-refractivity contribution in [2.24, 2.45) is 0 Å². The van der Waals surface area contributed by atoms with Gasteiger partial charge in [-0.2, -0.15) is 0 Å². The summed E-state index contributed by atoms with van der Waals surface area (Å²) in [6.45, 7) is 2.93. The predicted octanol–water partition coefficient (Wildman–Crippen LogP) is 3.72. The van der Waals surface area contributed by atoms with Crippen LogP contribution in [-0.4, -0.2) is 31.2 Å². The molecule has 1 amide bonds. The van der Waals surface area contributed by atoms with Gasteiger partial charge >= 0.3 is 0 Å². The highest BCUT2D eigenvalue weighted by molar-refractivity contribution is 5.53. The number of hydrogen-bond acceptors (Lipinski definition) is 2. The zero-order valence-electron chi connectivity index (χ0n) is 13.2. The highest BCUT2D eigenvalue weighted by atomic mass is 16.4. The van der Waals surface area contributed by atoms with Crippen LogP contribution in [0.2, 0.25) is 0 Å². The molecule has 0 rings (SSSR count). The van der Waals surface area contributed by atoms with Crippen LogP contribution in [0, 0.1) is 0 Å². The lowest BCUT2D eigenvalue weighted by Gasteiger charge is -2.28. The van der Waals surface area contributed by atoms with E-state index in [4.69, 9.17) is 0 Å². The maximum absolute atomic E-state index is 10.8. The lowest BCUT2D eigenvalue weighted by molar-refractivity contribution is -0.838. The molecule has 0 saturated heterocycles. The second kappa shape index (κ2) is 11.3. The van der Waals surface area contributed by atoms with Gasteiger partial charge in [0.1, 0.15) is 0 Å². The van der Waals surface area contributed by atoms with Gasteiger partial charge < -0.3 is 9.90 Å². The Bertz CT molecular complexity index is 227. The summed E-state index contributed by atoms with van der Waals surface area (Å²) < 4.78 is -0.0164. The fourth-order valence-electron chi connectivity index (χ4n) is 2.26. The summed E-state index contributed by atoms with van der Waals surface area (Å²) in [7, 11) is 3.40. The first-order chi connectivity index (χ1) is 9.00. The van der Waals surface area contributed by atoms with Crippen LogP contribution in [0.4, 0.5) is 4.79 Å². The molecule has 3 heteroatoms. The summed E-state index contributed by atoms with van der Waals surface area (Å²) in [5.74, 6) is 0. The van der Waals surface area contributed by atoms with Gasteiger partial charge in [0, 0.05) is 0 Å². The van der Waals surface area contributed by atoms with Gasteiger partial charge in [-0.1, -0.05) is 64.7 Å². The average molecular weight is 271 g/mol. The first-order valence-electron chi connectivity index (χ1n) is 8.05. The van der Waals surface area contributed by atoms with Crippen molar-refractivity contribution in [2.75, 3.05) is 20.6 Å². The average Bonchev–Trinajstić information content (AvgIpc) is 2.35. The van der Waals surface area contributed by atoms with E-state index in [1.807, 2.05) is 0 Å². The van der Waals surface area contributed by atoms with Crippen LogP contribution in [0.25, 0.3) is 0 Å². The number of carbonyl (C=O) groups is 1. The van der Waals surface area contributed by atoms with Crippen LogP contribution in [0.1, 0.15) is 77.6 Å². The standard InChI is InChI=1S/C16H33NO2/c1-4-5-6-7-8-9-10-11-12-13-14-15-17(2,3)16(18)19/h4-15H2,1-3H3. The van der Waals surface area contributed by atoms with Crippen LogP contribution >= 0.6 is 0 Å². The molecule has 0 aliphatic rings. The van der Waals surface area contributed by atoms with E-state index < -0.39 is 6.09 Å². The molecule has 0 saturated carbocycles. The topological polar surface area (TPSA) is 40.1 Å². The second-order valence-corrected chi connectivity index (χ2v) is 6.21. The summed E-state index contributed by atoms with van der Waals surface area (Å²) in [5.41, 5.74) is 0. The van der Waals surface area contributed by atoms with Gasteiger partial charge in [-0.3, -0.25) is 4.48 Å². The van der Waals surface area contributed by atoms with E-state index in [0.29, 0.717) is 6.54 Å². The minimum absolute atomic E-state index is 0.0164. The summed E-state index contributed by atoms with van der Waals surface area (Å²) in [6.07, 6.45) is 13.3. The lowest BCUT2D eigenvalue weighted by atomic mass is 10.1. The number of carboxylic acid groups (broad SMARTS) is 1. The fraction of sp³-hybridized carbons (Fsp3) is 0.938. The molecule has 0 unspecified atom stereocenters. The van der Waals surface area contributed by atoms with Gasteiger partial charge in [0.05, 0.1) is 20.6 Å². The van der Waals surface area contributed by atoms with E-state index in [0.717, 1.165) is 12.8 Å². The molecular weight excluding hydrogens is 238 g/mol. The van der Waals surface area contributed by atoms with Gasteiger partial charge in [-0.15, -0.1) is 0 Å². The molecule has 3 nitrogen and oxygen atoms in total. The SMILES string of the molecule is CCCCCCCCCCCCC[N+](C)(C)C(=O)[O-]. The highest BCUT2D eigenvalue weighted by Gasteiger charge is 2.16. The number of amides is 1. The number of unbranched alkanes of at least 4 members (excludes halogenated alkanes) is 10. The first kappa shape index (κ1) is 18.4. The number of carbonyl (C=O) groups excluding carboxylic acids is 1. The molecule has 0 aliphatic carbocycles. The molecule has 19 heavy (non-hydrogen) atoms. The van der Waals surface area contributed by atoms with Crippen molar-refractivity contribution in [2.45, 2.75) is 77.6 Å². The molecule has 0 heterocycles. The molecule has 0 spiro atoms. The van der Waals surface area contributed by atoms with Gasteiger partial charge in [0.2, 0.25) is 0 Å². The fourth-order valence-corrected chi connectivity index (χ4v) is 2.26. The minimum atomic E-state index is -0.980. The van der Waals surface area contributed by atoms with Gasteiger partial charge in [0.25, 0.3) is 6.09 Å². The van der Waals surface area contributed by atoms with Crippen molar-refractivity contribution >= 4 is 6.09 Å². The van der Waals surface area contributed by atoms with Crippen LogP contribution < -0.4 is 5.11 Å². The van der Waals surface area contributed by atoms with Crippen LogP contribution in [0.15, 0.2) is 0 Å². The predicted molar refractivity (Wildman–Crippen MR) is 78.8 cm³/mol. The molecule has 0 bridgehead atoms. The Morgan fingerprint density at radius 2 is 1.16 bits per heavy atom. The third-order valence-corrected chi connectivity index (χ3v) is 3.81. The molecule has 0 atom stereocenters. The first-order valence-corrected chi connectivity index (χ1v) is 8.05. The molecule has 0 aromatic heterocycles. The third kappa shape index (κ3) is 11.0. The largest absolute Gasteiger partial charge is 0.498 e. The normalized spacial score (nSPS) is 11.7. The molecule has 114 valence electrons. The number of quaternary nitrogens is 1. The molecule has 0 fully saturated rings. The van der Waals surface area contributed by atoms with Gasteiger partial charge in [-0.05, 0) is 12.8 Å². The quantitative estimate of drug-likeness (QED) is 0.401. The van der Waals surface area contributed by atoms with E-state index in [1.54, 1.807) is 14.1 Å². The van der Waals surface area contributed by atoms with Crippen molar-refractivity contribution < 1.29 is 14.4 Å². The summed E-state index contributed by atoms with van der Waals surface area (Å²) in [4.78, 5) is 10.8. The number of hydrogen-bond donors (Lipinski definition) is 0. The monoisotopic (exact) mass is 271 g/mol. The molecule has 0 N–H and O–H groups in total. The van der Waals surface area contributed by atoms with Crippen LogP contribution in [0.3, 0.4) is 0 Å². The van der Waals surface area contributed by atoms with Crippen molar-refractivity contribution in [1.82, 2.24) is 0 Å². The van der Waals surface area contributed by atoms with Crippen molar-refractivity contribution in [3.8, 4) is 0 Å².